The Morgan fingerprint density at radius 2 is 1.56 bits per heavy atom. The standard InChI is InChI=1S/C29H27NO9/c1-5-37-29(33)17-6-8-19(9-7-17)30-27(32)16-38-20-10-11-23-21(14-20)22(31)15-24(39-23)18-12-25(34-2)28(36-4)26(13-18)35-3/h6-15H,5,16H2,1-4H3,(H,30,32). The van der Waals surface area contributed by atoms with Crippen molar-refractivity contribution in [2.45, 2.75) is 6.92 Å². The molecule has 0 saturated heterocycles. The Kier molecular flexibility index (Phi) is 8.35. The van der Waals surface area contributed by atoms with Crippen LogP contribution < -0.4 is 29.7 Å². The van der Waals surface area contributed by atoms with Gasteiger partial charge in [-0.2, -0.15) is 0 Å². The van der Waals surface area contributed by atoms with Crippen LogP contribution in [0.4, 0.5) is 5.69 Å². The lowest BCUT2D eigenvalue weighted by Crippen LogP contribution is -2.20. The van der Waals surface area contributed by atoms with Crippen molar-refractivity contribution in [2.75, 3.05) is 39.9 Å². The number of hydrogen-bond acceptors (Lipinski definition) is 9. The number of carbonyl (C=O) groups is 2. The average Bonchev–Trinajstić information content (AvgIpc) is 2.95. The molecule has 202 valence electrons. The van der Waals surface area contributed by atoms with Crippen LogP contribution >= 0.6 is 0 Å². The van der Waals surface area contributed by atoms with Gasteiger partial charge in [0.05, 0.1) is 38.9 Å². The summed E-state index contributed by atoms with van der Waals surface area (Å²) in [6.45, 7) is 1.71. The van der Waals surface area contributed by atoms with Crippen LogP contribution in [0.3, 0.4) is 0 Å². The average molecular weight is 534 g/mol. The summed E-state index contributed by atoms with van der Waals surface area (Å²) in [7, 11) is 4.51. The fourth-order valence-electron chi connectivity index (χ4n) is 3.84. The highest BCUT2D eigenvalue weighted by molar-refractivity contribution is 5.93. The molecule has 0 aliphatic heterocycles. The second-order valence-electron chi connectivity index (χ2n) is 8.18. The summed E-state index contributed by atoms with van der Waals surface area (Å²) in [5.74, 6) is 1.06. The minimum Gasteiger partial charge on any atom is -0.493 e. The second-order valence-corrected chi connectivity index (χ2v) is 8.18. The first-order valence-electron chi connectivity index (χ1n) is 11.9. The molecule has 3 aromatic carbocycles. The maximum absolute atomic E-state index is 12.9. The first kappa shape index (κ1) is 27.1. The smallest absolute Gasteiger partial charge is 0.338 e. The SMILES string of the molecule is CCOC(=O)c1ccc(NC(=O)COc2ccc3oc(-c4cc(OC)c(OC)c(OC)c4)cc(=O)c3c2)cc1. The molecule has 4 rings (SSSR count). The van der Waals surface area contributed by atoms with E-state index in [2.05, 4.69) is 5.32 Å². The largest absolute Gasteiger partial charge is 0.493 e. The van der Waals surface area contributed by atoms with Crippen molar-refractivity contribution in [1.82, 2.24) is 0 Å². The predicted molar refractivity (Wildman–Crippen MR) is 144 cm³/mol. The predicted octanol–water partition coefficient (Wildman–Crippen LogP) is 4.68. The lowest BCUT2D eigenvalue weighted by molar-refractivity contribution is -0.118. The van der Waals surface area contributed by atoms with E-state index in [1.54, 1.807) is 55.5 Å². The molecule has 0 aliphatic rings. The van der Waals surface area contributed by atoms with Gasteiger partial charge in [0.15, 0.2) is 23.5 Å². The first-order valence-corrected chi connectivity index (χ1v) is 11.9. The Morgan fingerprint density at radius 1 is 0.872 bits per heavy atom. The Bertz CT molecular complexity index is 1530. The molecule has 10 heteroatoms. The van der Waals surface area contributed by atoms with Crippen LogP contribution in [0.5, 0.6) is 23.0 Å². The van der Waals surface area contributed by atoms with Crippen LogP contribution in [-0.4, -0.2) is 46.4 Å². The van der Waals surface area contributed by atoms with Gasteiger partial charge in [0, 0.05) is 17.3 Å². The van der Waals surface area contributed by atoms with E-state index in [1.807, 2.05) is 0 Å². The maximum Gasteiger partial charge on any atom is 0.338 e. The summed E-state index contributed by atoms with van der Waals surface area (Å²) in [4.78, 5) is 37.0. The van der Waals surface area contributed by atoms with E-state index in [9.17, 15) is 14.4 Å². The first-order chi connectivity index (χ1) is 18.9. The Labute approximate surface area is 224 Å². The molecule has 0 bridgehead atoms. The Hall–Kier alpha value is -4.99. The number of esters is 1. The van der Waals surface area contributed by atoms with E-state index < -0.39 is 11.9 Å². The molecule has 39 heavy (non-hydrogen) atoms. The number of nitrogens with one attached hydrogen (secondary N) is 1. The zero-order chi connectivity index (χ0) is 27.9. The number of anilines is 1. The highest BCUT2D eigenvalue weighted by Gasteiger charge is 2.17. The lowest BCUT2D eigenvalue weighted by Gasteiger charge is -2.14. The van der Waals surface area contributed by atoms with Gasteiger partial charge in [-0.05, 0) is 61.5 Å². The molecule has 0 spiro atoms. The van der Waals surface area contributed by atoms with Gasteiger partial charge in [0.1, 0.15) is 17.1 Å². The van der Waals surface area contributed by atoms with Crippen LogP contribution in [0.2, 0.25) is 0 Å². The Balaban J connectivity index is 1.47. The van der Waals surface area contributed by atoms with Gasteiger partial charge in [0.2, 0.25) is 5.75 Å². The molecule has 4 aromatic rings. The molecule has 0 saturated carbocycles. The molecule has 1 N–H and O–H groups in total. The number of carbonyl (C=O) groups excluding carboxylic acids is 2. The van der Waals surface area contributed by atoms with Gasteiger partial charge in [0.25, 0.3) is 5.91 Å². The zero-order valence-electron chi connectivity index (χ0n) is 21.9. The van der Waals surface area contributed by atoms with Gasteiger partial charge in [-0.1, -0.05) is 0 Å². The molecule has 0 fully saturated rings. The highest BCUT2D eigenvalue weighted by atomic mass is 16.5. The number of methoxy groups -OCH3 is 3. The van der Waals surface area contributed by atoms with Gasteiger partial charge >= 0.3 is 5.97 Å². The van der Waals surface area contributed by atoms with Crippen LogP contribution in [-0.2, 0) is 9.53 Å². The molecular formula is C29H27NO9. The van der Waals surface area contributed by atoms with Crippen molar-refractivity contribution in [1.29, 1.82) is 0 Å². The highest BCUT2D eigenvalue weighted by Crippen LogP contribution is 2.41. The third-order valence-electron chi connectivity index (χ3n) is 5.70. The van der Waals surface area contributed by atoms with Gasteiger partial charge < -0.3 is 33.4 Å². The summed E-state index contributed by atoms with van der Waals surface area (Å²) in [6, 6.07) is 15.8. The van der Waals surface area contributed by atoms with E-state index in [0.29, 0.717) is 56.5 Å². The summed E-state index contributed by atoms with van der Waals surface area (Å²) in [5, 5.41) is 2.98. The third-order valence-corrected chi connectivity index (χ3v) is 5.70. The van der Waals surface area contributed by atoms with Crippen molar-refractivity contribution in [2.24, 2.45) is 0 Å². The van der Waals surface area contributed by atoms with Crippen molar-refractivity contribution < 1.29 is 37.7 Å². The fraction of sp³-hybridized carbons (Fsp3) is 0.207. The molecule has 1 heterocycles. The monoisotopic (exact) mass is 533 g/mol. The summed E-state index contributed by atoms with van der Waals surface area (Å²) < 4.78 is 32.6. The van der Waals surface area contributed by atoms with E-state index in [-0.39, 0.29) is 18.6 Å². The van der Waals surface area contributed by atoms with Crippen molar-refractivity contribution in [3.8, 4) is 34.3 Å². The van der Waals surface area contributed by atoms with Crippen LogP contribution in [0.25, 0.3) is 22.3 Å². The number of fused-ring (bicyclic) bond motifs is 1. The van der Waals surface area contributed by atoms with Crippen LogP contribution in [0.1, 0.15) is 17.3 Å². The molecule has 1 amide bonds. The van der Waals surface area contributed by atoms with Gasteiger partial charge in [-0.25, -0.2) is 4.79 Å². The van der Waals surface area contributed by atoms with E-state index in [4.69, 9.17) is 28.1 Å². The van der Waals surface area contributed by atoms with E-state index >= 15 is 0 Å². The zero-order valence-corrected chi connectivity index (χ0v) is 21.9. The molecule has 0 radical (unpaired) electrons. The summed E-state index contributed by atoms with van der Waals surface area (Å²) in [6.07, 6.45) is 0. The molecule has 0 aliphatic carbocycles. The summed E-state index contributed by atoms with van der Waals surface area (Å²) >= 11 is 0. The number of rotatable bonds is 10. The number of amides is 1. The topological polar surface area (TPSA) is 123 Å². The maximum atomic E-state index is 12.9. The molecule has 0 unspecified atom stereocenters. The lowest BCUT2D eigenvalue weighted by atomic mass is 10.1. The molecular weight excluding hydrogens is 506 g/mol. The fourth-order valence-corrected chi connectivity index (χ4v) is 3.84. The van der Waals surface area contributed by atoms with E-state index in [0.717, 1.165) is 0 Å². The summed E-state index contributed by atoms with van der Waals surface area (Å²) in [5.41, 5.74) is 1.49. The molecule has 0 atom stereocenters. The quantitative estimate of drug-likeness (QED) is 0.290. The van der Waals surface area contributed by atoms with Crippen LogP contribution in [0, 0.1) is 0 Å². The number of hydrogen-bond donors (Lipinski definition) is 1. The second kappa shape index (κ2) is 12.0. The minimum absolute atomic E-state index is 0.277. The van der Waals surface area contributed by atoms with Crippen molar-refractivity contribution in [3.05, 3.63) is 76.5 Å². The van der Waals surface area contributed by atoms with Crippen LogP contribution in [0.15, 0.2) is 69.9 Å². The minimum atomic E-state index is -0.435. The number of benzene rings is 3. The Morgan fingerprint density at radius 3 is 2.18 bits per heavy atom. The molecule has 10 nitrogen and oxygen atoms in total. The normalized spacial score (nSPS) is 10.6. The van der Waals surface area contributed by atoms with E-state index in [1.165, 1.54) is 33.5 Å². The number of ether oxygens (including phenoxy) is 5. The van der Waals surface area contributed by atoms with Crippen molar-refractivity contribution in [3.63, 3.8) is 0 Å². The van der Waals surface area contributed by atoms with Gasteiger partial charge in [-0.3, -0.25) is 9.59 Å². The molecule has 1 aromatic heterocycles. The van der Waals surface area contributed by atoms with Gasteiger partial charge in [-0.15, -0.1) is 0 Å². The third kappa shape index (κ3) is 6.12. The van der Waals surface area contributed by atoms with Crippen molar-refractivity contribution >= 4 is 28.5 Å².